The van der Waals surface area contributed by atoms with Crippen LogP contribution in [0, 0.1) is 0 Å². The van der Waals surface area contributed by atoms with Crippen molar-refractivity contribution in [2.45, 2.75) is 38.3 Å². The standard InChI is InChI=1S/C21H24Cl2N2O2S/c1-26-17-9-7-14(20(12-17)27-2)13-25(16-5-3-4-6-16)21(28)24-19-10-8-15(22)11-18(19)23/h7-12,16H,3-6,13H2,1-2H3,(H,24,28). The number of hydrogen-bond acceptors (Lipinski definition) is 3. The van der Waals surface area contributed by atoms with Gasteiger partial charge >= 0.3 is 0 Å². The predicted octanol–water partition coefficient (Wildman–Crippen LogP) is 6.15. The quantitative estimate of drug-likeness (QED) is 0.546. The molecular weight excluding hydrogens is 415 g/mol. The fourth-order valence-electron chi connectivity index (χ4n) is 3.53. The molecule has 0 radical (unpaired) electrons. The average Bonchev–Trinajstić information content (AvgIpc) is 3.22. The molecule has 2 aromatic carbocycles. The number of hydrogen-bond donors (Lipinski definition) is 1. The van der Waals surface area contributed by atoms with Gasteiger partial charge in [0.25, 0.3) is 0 Å². The number of nitrogens with zero attached hydrogens (tertiary/aromatic N) is 1. The van der Waals surface area contributed by atoms with Crippen molar-refractivity contribution in [2.24, 2.45) is 0 Å². The van der Waals surface area contributed by atoms with E-state index in [1.54, 1.807) is 26.4 Å². The molecule has 1 fully saturated rings. The molecule has 0 atom stereocenters. The third-order valence-corrected chi connectivity index (χ3v) is 5.92. The van der Waals surface area contributed by atoms with Crippen LogP contribution in [0.5, 0.6) is 11.5 Å². The summed E-state index contributed by atoms with van der Waals surface area (Å²) in [5.41, 5.74) is 1.81. The van der Waals surface area contributed by atoms with E-state index in [-0.39, 0.29) is 0 Å². The molecule has 150 valence electrons. The number of ether oxygens (including phenoxy) is 2. The lowest BCUT2D eigenvalue weighted by Gasteiger charge is -2.32. The summed E-state index contributed by atoms with van der Waals surface area (Å²) >= 11 is 18.1. The van der Waals surface area contributed by atoms with Crippen LogP contribution >= 0.6 is 35.4 Å². The summed E-state index contributed by atoms with van der Waals surface area (Å²) in [6.45, 7) is 0.648. The van der Waals surface area contributed by atoms with E-state index in [1.807, 2.05) is 24.3 Å². The van der Waals surface area contributed by atoms with Crippen LogP contribution in [0.4, 0.5) is 5.69 Å². The highest BCUT2D eigenvalue weighted by atomic mass is 35.5. The van der Waals surface area contributed by atoms with Crippen molar-refractivity contribution in [3.8, 4) is 11.5 Å². The third-order valence-electron chi connectivity index (χ3n) is 5.03. The van der Waals surface area contributed by atoms with Crippen LogP contribution in [-0.2, 0) is 6.54 Å². The third kappa shape index (κ3) is 5.02. The van der Waals surface area contributed by atoms with Crippen molar-refractivity contribution in [1.29, 1.82) is 0 Å². The number of benzene rings is 2. The Morgan fingerprint density at radius 2 is 1.86 bits per heavy atom. The zero-order valence-corrected chi connectivity index (χ0v) is 18.3. The lowest BCUT2D eigenvalue weighted by atomic mass is 10.1. The molecule has 1 saturated carbocycles. The minimum absolute atomic E-state index is 0.387. The van der Waals surface area contributed by atoms with Gasteiger partial charge in [0.05, 0.1) is 24.9 Å². The second-order valence-corrected chi connectivity index (χ2v) is 8.03. The first-order valence-corrected chi connectivity index (χ1v) is 10.4. The van der Waals surface area contributed by atoms with E-state index in [1.165, 1.54) is 12.8 Å². The topological polar surface area (TPSA) is 33.7 Å². The van der Waals surface area contributed by atoms with Gasteiger partial charge in [-0.05, 0) is 55.4 Å². The van der Waals surface area contributed by atoms with Crippen LogP contribution < -0.4 is 14.8 Å². The molecule has 2 aromatic rings. The predicted molar refractivity (Wildman–Crippen MR) is 120 cm³/mol. The first-order chi connectivity index (χ1) is 13.5. The molecule has 0 amide bonds. The summed E-state index contributed by atoms with van der Waals surface area (Å²) in [4.78, 5) is 2.23. The van der Waals surface area contributed by atoms with Crippen molar-refractivity contribution in [1.82, 2.24) is 4.90 Å². The summed E-state index contributed by atoms with van der Waals surface area (Å²) in [6, 6.07) is 11.6. The van der Waals surface area contributed by atoms with Gasteiger partial charge in [-0.1, -0.05) is 36.0 Å². The van der Waals surface area contributed by atoms with Crippen LogP contribution in [0.25, 0.3) is 0 Å². The fraction of sp³-hybridized carbons (Fsp3) is 0.381. The molecule has 4 nitrogen and oxygen atoms in total. The van der Waals surface area contributed by atoms with Crippen LogP contribution in [-0.4, -0.2) is 30.3 Å². The Morgan fingerprint density at radius 3 is 2.50 bits per heavy atom. The Labute approximate surface area is 181 Å². The molecule has 0 aromatic heterocycles. The largest absolute Gasteiger partial charge is 0.497 e. The van der Waals surface area contributed by atoms with Gasteiger partial charge in [0.1, 0.15) is 11.5 Å². The van der Waals surface area contributed by atoms with Gasteiger partial charge in [0.2, 0.25) is 0 Å². The first kappa shape index (κ1) is 21.0. The normalized spacial score (nSPS) is 14.0. The molecule has 0 aliphatic heterocycles. The van der Waals surface area contributed by atoms with Crippen LogP contribution in [0.3, 0.4) is 0 Å². The number of nitrogens with one attached hydrogen (secondary N) is 1. The van der Waals surface area contributed by atoms with Crippen molar-refractivity contribution in [3.63, 3.8) is 0 Å². The minimum Gasteiger partial charge on any atom is -0.497 e. The summed E-state index contributed by atoms with van der Waals surface area (Å²) < 4.78 is 10.9. The van der Waals surface area contributed by atoms with E-state index in [9.17, 15) is 0 Å². The number of rotatable bonds is 6. The highest BCUT2D eigenvalue weighted by Crippen LogP contribution is 2.31. The second kappa shape index (κ2) is 9.68. The summed E-state index contributed by atoms with van der Waals surface area (Å²) in [7, 11) is 3.32. The van der Waals surface area contributed by atoms with Gasteiger partial charge in [-0.15, -0.1) is 0 Å². The van der Waals surface area contributed by atoms with Crippen LogP contribution in [0.2, 0.25) is 10.0 Å². The van der Waals surface area contributed by atoms with Gasteiger partial charge in [0.15, 0.2) is 5.11 Å². The Morgan fingerprint density at radius 1 is 1.11 bits per heavy atom. The minimum atomic E-state index is 0.387. The maximum absolute atomic E-state index is 6.32. The zero-order valence-electron chi connectivity index (χ0n) is 16.0. The van der Waals surface area contributed by atoms with E-state index in [0.717, 1.165) is 35.6 Å². The Bertz CT molecular complexity index is 841. The maximum Gasteiger partial charge on any atom is 0.174 e. The number of halogens is 2. The summed E-state index contributed by atoms with van der Waals surface area (Å²) in [6.07, 6.45) is 4.67. The highest BCUT2D eigenvalue weighted by molar-refractivity contribution is 7.80. The van der Waals surface area contributed by atoms with Crippen molar-refractivity contribution >= 4 is 46.2 Å². The first-order valence-electron chi connectivity index (χ1n) is 9.25. The number of methoxy groups -OCH3 is 2. The summed E-state index contributed by atoms with van der Waals surface area (Å²) in [5.74, 6) is 1.55. The lowest BCUT2D eigenvalue weighted by Crippen LogP contribution is -2.41. The van der Waals surface area contributed by atoms with E-state index in [2.05, 4.69) is 10.2 Å². The lowest BCUT2D eigenvalue weighted by molar-refractivity contribution is 0.304. The molecule has 0 spiro atoms. The molecule has 1 N–H and O–H groups in total. The molecule has 1 aliphatic carbocycles. The summed E-state index contributed by atoms with van der Waals surface area (Å²) in [5, 5.41) is 5.08. The van der Waals surface area contributed by atoms with Gasteiger partial charge in [-0.25, -0.2) is 0 Å². The van der Waals surface area contributed by atoms with E-state index < -0.39 is 0 Å². The van der Waals surface area contributed by atoms with E-state index in [4.69, 9.17) is 44.9 Å². The number of anilines is 1. The molecule has 7 heteroatoms. The molecule has 3 rings (SSSR count). The van der Waals surface area contributed by atoms with Crippen LogP contribution in [0.1, 0.15) is 31.2 Å². The van der Waals surface area contributed by atoms with Gasteiger partial charge in [0, 0.05) is 29.2 Å². The van der Waals surface area contributed by atoms with Crippen molar-refractivity contribution < 1.29 is 9.47 Å². The fourth-order valence-corrected chi connectivity index (χ4v) is 4.31. The molecule has 0 heterocycles. The van der Waals surface area contributed by atoms with Gasteiger partial charge in [-0.2, -0.15) is 0 Å². The SMILES string of the molecule is COc1ccc(CN(C(=S)Nc2ccc(Cl)cc2Cl)C2CCCC2)c(OC)c1. The van der Waals surface area contributed by atoms with Gasteiger partial charge < -0.3 is 19.7 Å². The average molecular weight is 439 g/mol. The molecule has 0 saturated heterocycles. The molecule has 28 heavy (non-hydrogen) atoms. The van der Waals surface area contributed by atoms with Gasteiger partial charge in [-0.3, -0.25) is 0 Å². The van der Waals surface area contributed by atoms with Crippen LogP contribution in [0.15, 0.2) is 36.4 Å². The molecular formula is C21H24Cl2N2O2S. The number of thiocarbonyl (C=S) groups is 1. The Balaban J connectivity index is 1.84. The smallest absolute Gasteiger partial charge is 0.174 e. The maximum atomic E-state index is 6.32. The zero-order chi connectivity index (χ0) is 20.1. The van der Waals surface area contributed by atoms with Crippen molar-refractivity contribution in [3.05, 3.63) is 52.0 Å². The molecule has 0 unspecified atom stereocenters. The molecule has 1 aliphatic rings. The van der Waals surface area contributed by atoms with E-state index >= 15 is 0 Å². The monoisotopic (exact) mass is 438 g/mol. The highest BCUT2D eigenvalue weighted by Gasteiger charge is 2.26. The second-order valence-electron chi connectivity index (χ2n) is 6.80. The Hall–Kier alpha value is -1.69. The molecule has 0 bridgehead atoms. The Kier molecular flexibility index (Phi) is 7.27. The van der Waals surface area contributed by atoms with E-state index in [0.29, 0.717) is 27.7 Å². The van der Waals surface area contributed by atoms with Crippen molar-refractivity contribution in [2.75, 3.05) is 19.5 Å².